The molecule has 5 rings (SSSR count). The Hall–Kier alpha value is -4.80. The van der Waals surface area contributed by atoms with Crippen molar-refractivity contribution < 1.29 is 39.5 Å². The SMILES string of the molecule is C[C@H](Oc1cc(-c2nn(C)c3c(-c4cnn(CC(F)(F)F)c4)cnc(N)c23)ccc1NS(=O)(=O)C(F)F)c1ccc(F)cc1. The van der Waals surface area contributed by atoms with Crippen LogP contribution in [0.4, 0.5) is 37.8 Å². The van der Waals surface area contributed by atoms with Crippen LogP contribution in [0.15, 0.2) is 61.1 Å². The lowest BCUT2D eigenvalue weighted by atomic mass is 10.0. The van der Waals surface area contributed by atoms with Gasteiger partial charge in [-0.1, -0.05) is 18.2 Å². The lowest BCUT2D eigenvalue weighted by molar-refractivity contribution is -0.142. The van der Waals surface area contributed by atoms with E-state index in [1.807, 2.05) is 4.72 Å². The predicted octanol–water partition coefficient (Wildman–Crippen LogP) is 5.89. The second kappa shape index (κ2) is 11.4. The van der Waals surface area contributed by atoms with Crippen LogP contribution in [0.5, 0.6) is 5.75 Å². The number of fused-ring (bicyclic) bond motifs is 1. The zero-order valence-corrected chi connectivity index (χ0v) is 23.7. The summed E-state index contributed by atoms with van der Waals surface area (Å²) in [6.07, 6.45) is -1.44. The van der Waals surface area contributed by atoms with E-state index in [0.29, 0.717) is 33.2 Å². The van der Waals surface area contributed by atoms with Crippen molar-refractivity contribution in [3.8, 4) is 28.1 Å². The van der Waals surface area contributed by atoms with Gasteiger partial charge in [0.1, 0.15) is 35.7 Å². The van der Waals surface area contributed by atoms with Crippen molar-refractivity contribution >= 4 is 32.4 Å². The molecule has 0 bridgehead atoms. The van der Waals surface area contributed by atoms with E-state index < -0.39 is 40.4 Å². The van der Waals surface area contributed by atoms with E-state index >= 15 is 0 Å². The number of ether oxygens (including phenoxy) is 1. The Morgan fingerprint density at radius 3 is 2.43 bits per heavy atom. The average molecular weight is 640 g/mol. The highest BCUT2D eigenvalue weighted by molar-refractivity contribution is 7.93. The number of hydrogen-bond donors (Lipinski definition) is 2. The summed E-state index contributed by atoms with van der Waals surface area (Å²) in [6, 6.07) is 9.26. The predicted molar refractivity (Wildman–Crippen MR) is 150 cm³/mol. The summed E-state index contributed by atoms with van der Waals surface area (Å²) in [4.78, 5) is 4.20. The van der Waals surface area contributed by atoms with Crippen LogP contribution >= 0.6 is 0 Å². The van der Waals surface area contributed by atoms with Crippen molar-refractivity contribution in [2.45, 2.75) is 31.5 Å². The lowest BCUT2D eigenvalue weighted by Crippen LogP contribution is -2.21. The van der Waals surface area contributed by atoms with Crippen molar-refractivity contribution in [1.29, 1.82) is 0 Å². The molecule has 0 radical (unpaired) electrons. The summed E-state index contributed by atoms with van der Waals surface area (Å²) in [7, 11) is -3.50. The van der Waals surface area contributed by atoms with Crippen LogP contribution in [0.25, 0.3) is 33.3 Å². The molecule has 1 atom stereocenters. The standard InChI is InChI=1S/C27H23F6N7O3S/c1-14(15-3-6-18(28)7-4-15)43-21-9-16(5-8-20(21)38-44(41,42)26(29)30)23-22-24(39(2)37-23)19(11-35-25(22)34)17-10-36-40(12-17)13-27(31,32)33/h3-12,14,26,38H,13H2,1-2H3,(H2,34,35)/t14-/m0/s1. The van der Waals surface area contributed by atoms with E-state index in [1.165, 1.54) is 65.7 Å². The van der Waals surface area contributed by atoms with Gasteiger partial charge in [-0.2, -0.15) is 32.1 Å². The molecule has 0 fully saturated rings. The minimum absolute atomic E-state index is 0.0270. The smallest absolute Gasteiger partial charge is 0.408 e. The Bertz CT molecular complexity index is 1940. The molecular formula is C27H23F6N7O3S. The molecule has 0 unspecified atom stereocenters. The molecule has 0 spiro atoms. The van der Waals surface area contributed by atoms with Crippen LogP contribution < -0.4 is 15.2 Å². The topological polar surface area (TPSA) is 130 Å². The summed E-state index contributed by atoms with van der Waals surface area (Å²) in [6.45, 7) is 0.296. The summed E-state index contributed by atoms with van der Waals surface area (Å²) >= 11 is 0. The molecule has 2 aromatic carbocycles. The van der Waals surface area contributed by atoms with Crippen LogP contribution in [0.1, 0.15) is 18.6 Å². The summed E-state index contributed by atoms with van der Waals surface area (Å²) < 4.78 is 112. The van der Waals surface area contributed by atoms with Crippen molar-refractivity contribution in [2.24, 2.45) is 7.05 Å². The number of nitrogens with two attached hydrogens (primary N) is 1. The Balaban J connectivity index is 1.61. The van der Waals surface area contributed by atoms with Crippen molar-refractivity contribution in [2.75, 3.05) is 10.5 Å². The van der Waals surface area contributed by atoms with Gasteiger partial charge in [0.05, 0.1) is 22.8 Å². The average Bonchev–Trinajstić information content (AvgIpc) is 3.54. The first kappa shape index (κ1) is 30.7. The maximum atomic E-state index is 13.4. The van der Waals surface area contributed by atoms with Crippen LogP contribution in [-0.4, -0.2) is 44.9 Å². The molecule has 3 heterocycles. The number of aryl methyl sites for hydroxylation is 1. The molecule has 0 aliphatic heterocycles. The Morgan fingerprint density at radius 1 is 1.07 bits per heavy atom. The summed E-state index contributed by atoms with van der Waals surface area (Å²) in [5.41, 5.74) is 8.09. The third-order valence-corrected chi connectivity index (χ3v) is 7.54. The number of aromatic nitrogens is 5. The monoisotopic (exact) mass is 639 g/mol. The molecule has 0 aliphatic carbocycles. The van der Waals surface area contributed by atoms with Crippen LogP contribution in [0, 0.1) is 5.82 Å². The molecule has 5 aromatic rings. The number of nitrogens with zero attached hydrogens (tertiary/aromatic N) is 5. The van der Waals surface area contributed by atoms with E-state index in [9.17, 15) is 34.8 Å². The maximum absolute atomic E-state index is 13.4. The Morgan fingerprint density at radius 2 is 1.77 bits per heavy atom. The van der Waals surface area contributed by atoms with Gasteiger partial charge in [-0.25, -0.2) is 17.8 Å². The zero-order chi connectivity index (χ0) is 32.0. The minimum atomic E-state index is -5.08. The number of rotatable bonds is 9. The summed E-state index contributed by atoms with van der Waals surface area (Å²) in [5.74, 6) is -4.35. The molecule has 0 aliphatic rings. The third kappa shape index (κ3) is 6.27. The van der Waals surface area contributed by atoms with Crippen LogP contribution in [-0.2, 0) is 23.6 Å². The highest BCUT2D eigenvalue weighted by Gasteiger charge is 2.29. The van der Waals surface area contributed by atoms with Crippen LogP contribution in [0.3, 0.4) is 0 Å². The molecule has 232 valence electrons. The maximum Gasteiger partial charge on any atom is 0.408 e. The molecule has 3 N–H and O–H groups in total. The molecule has 10 nitrogen and oxygen atoms in total. The van der Waals surface area contributed by atoms with E-state index in [2.05, 4.69) is 15.2 Å². The number of nitrogen functional groups attached to an aromatic ring is 1. The first-order valence-corrected chi connectivity index (χ1v) is 14.2. The summed E-state index contributed by atoms with van der Waals surface area (Å²) in [5, 5.41) is 8.62. The number of hydrogen-bond acceptors (Lipinski definition) is 7. The normalized spacial score (nSPS) is 13.0. The third-order valence-electron chi connectivity index (χ3n) is 6.56. The first-order valence-electron chi connectivity index (χ1n) is 12.7. The van der Waals surface area contributed by atoms with Crippen LogP contribution in [0.2, 0.25) is 0 Å². The highest BCUT2D eigenvalue weighted by Crippen LogP contribution is 2.40. The van der Waals surface area contributed by atoms with E-state index in [-0.39, 0.29) is 22.9 Å². The van der Waals surface area contributed by atoms with Gasteiger partial charge in [-0.05, 0) is 36.8 Å². The largest absolute Gasteiger partial charge is 0.484 e. The van der Waals surface area contributed by atoms with Gasteiger partial charge in [0.2, 0.25) is 0 Å². The number of nitrogens with one attached hydrogen (secondary N) is 1. The van der Waals surface area contributed by atoms with Crippen molar-refractivity contribution in [3.63, 3.8) is 0 Å². The van der Waals surface area contributed by atoms with Crippen molar-refractivity contribution in [3.05, 3.63) is 72.4 Å². The van der Waals surface area contributed by atoms with Gasteiger partial charge in [-0.15, -0.1) is 0 Å². The zero-order valence-electron chi connectivity index (χ0n) is 22.8. The molecule has 17 heteroatoms. The number of sulfonamides is 1. The second-order valence-electron chi connectivity index (χ2n) is 9.72. The highest BCUT2D eigenvalue weighted by atomic mass is 32.2. The molecule has 0 saturated carbocycles. The number of halogens is 6. The number of alkyl halides is 5. The van der Waals surface area contributed by atoms with E-state index in [0.717, 1.165) is 4.68 Å². The molecule has 0 amide bonds. The fraction of sp³-hybridized carbons (Fsp3) is 0.222. The molecule has 3 aromatic heterocycles. The van der Waals surface area contributed by atoms with Gasteiger partial charge in [0.25, 0.3) is 10.0 Å². The quantitative estimate of drug-likeness (QED) is 0.193. The van der Waals surface area contributed by atoms with Gasteiger partial charge >= 0.3 is 11.9 Å². The molecule has 44 heavy (non-hydrogen) atoms. The van der Waals surface area contributed by atoms with Gasteiger partial charge in [0, 0.05) is 36.1 Å². The Kier molecular flexibility index (Phi) is 7.92. The fourth-order valence-electron chi connectivity index (χ4n) is 4.56. The fourth-order valence-corrected chi connectivity index (χ4v) is 5.13. The van der Waals surface area contributed by atoms with Gasteiger partial charge in [0.15, 0.2) is 0 Å². The van der Waals surface area contributed by atoms with Gasteiger partial charge < -0.3 is 10.5 Å². The van der Waals surface area contributed by atoms with Gasteiger partial charge in [-0.3, -0.25) is 14.1 Å². The second-order valence-corrected chi connectivity index (χ2v) is 11.4. The minimum Gasteiger partial charge on any atom is -0.484 e. The van der Waals surface area contributed by atoms with Crippen molar-refractivity contribution in [1.82, 2.24) is 24.5 Å². The van der Waals surface area contributed by atoms with E-state index in [4.69, 9.17) is 10.5 Å². The number of anilines is 2. The number of benzene rings is 2. The lowest BCUT2D eigenvalue weighted by Gasteiger charge is -2.19. The Labute approximate surface area is 246 Å². The first-order chi connectivity index (χ1) is 20.6. The molecular weight excluding hydrogens is 616 g/mol. The molecule has 0 saturated heterocycles. The number of pyridine rings is 1. The van der Waals surface area contributed by atoms with E-state index in [1.54, 1.807) is 14.0 Å².